The fourth-order valence-corrected chi connectivity index (χ4v) is 4.85. The van der Waals surface area contributed by atoms with Crippen molar-refractivity contribution >= 4 is 10.9 Å². The quantitative estimate of drug-likeness (QED) is 0.640. The van der Waals surface area contributed by atoms with Crippen LogP contribution in [0, 0.1) is 11.3 Å². The molecule has 0 spiro atoms. The lowest BCUT2D eigenvalue weighted by Gasteiger charge is -2.23. The van der Waals surface area contributed by atoms with E-state index < -0.39 is 0 Å². The van der Waals surface area contributed by atoms with Gasteiger partial charge >= 0.3 is 0 Å². The molecule has 0 atom stereocenters. The molecule has 136 valence electrons. The van der Waals surface area contributed by atoms with Crippen molar-refractivity contribution in [3.63, 3.8) is 0 Å². The Morgan fingerprint density at radius 3 is 2.74 bits per heavy atom. The van der Waals surface area contributed by atoms with Crippen molar-refractivity contribution in [3.8, 4) is 28.8 Å². The van der Waals surface area contributed by atoms with Crippen LogP contribution in [-0.2, 0) is 6.54 Å². The van der Waals surface area contributed by atoms with E-state index in [9.17, 15) is 10.4 Å². The third-order valence-corrected chi connectivity index (χ3v) is 6.04. The molecule has 3 aromatic rings. The first-order valence-corrected chi connectivity index (χ1v) is 9.78. The Balaban J connectivity index is 1.85. The van der Waals surface area contributed by atoms with Gasteiger partial charge in [0.25, 0.3) is 0 Å². The Morgan fingerprint density at radius 1 is 1.07 bits per heavy atom. The van der Waals surface area contributed by atoms with Crippen LogP contribution in [-0.4, -0.2) is 16.3 Å². The zero-order valence-corrected chi connectivity index (χ0v) is 15.2. The monoisotopic (exact) mass is 358 g/mol. The Kier molecular flexibility index (Phi) is 3.82. The predicted octanol–water partition coefficient (Wildman–Crippen LogP) is 5.33. The maximum Gasteiger partial charge on any atom is 0.132 e. The third-order valence-electron chi connectivity index (χ3n) is 6.04. The standard InChI is InChI=1S/C23H22N2O2/c24-14-15-6-8-18-20(12-15)25-10-11-27-21-13-17(26)7-9-19(21)23(25)22(18)16-4-2-1-3-5-16/h6-9,12-13,16,26H,1-5,10-11H2. The SMILES string of the molecule is N#Cc1ccc2c(C3CCCCC3)c3n(c2c1)CCOc1cc(O)ccc1-3. The van der Waals surface area contributed by atoms with E-state index in [4.69, 9.17) is 4.74 Å². The Morgan fingerprint density at radius 2 is 1.93 bits per heavy atom. The van der Waals surface area contributed by atoms with E-state index in [2.05, 4.69) is 16.7 Å². The zero-order chi connectivity index (χ0) is 18.4. The molecule has 2 aliphatic rings. The fraction of sp³-hybridized carbons (Fsp3) is 0.348. The van der Waals surface area contributed by atoms with E-state index in [0.717, 1.165) is 23.4 Å². The molecule has 1 saturated carbocycles. The van der Waals surface area contributed by atoms with Gasteiger partial charge in [-0.15, -0.1) is 0 Å². The summed E-state index contributed by atoms with van der Waals surface area (Å²) in [4.78, 5) is 0. The van der Waals surface area contributed by atoms with E-state index in [0.29, 0.717) is 18.1 Å². The molecule has 4 nitrogen and oxygen atoms in total. The number of benzene rings is 2. The number of hydrogen-bond donors (Lipinski definition) is 1. The molecule has 0 saturated heterocycles. The van der Waals surface area contributed by atoms with Gasteiger partial charge in [-0.05, 0) is 48.6 Å². The summed E-state index contributed by atoms with van der Waals surface area (Å²) in [5.74, 6) is 1.50. The van der Waals surface area contributed by atoms with Crippen molar-refractivity contribution in [2.45, 2.75) is 44.6 Å². The van der Waals surface area contributed by atoms with Crippen LogP contribution in [0.1, 0.15) is 49.1 Å². The number of nitrogens with zero attached hydrogens (tertiary/aromatic N) is 2. The highest BCUT2D eigenvalue weighted by Crippen LogP contribution is 2.47. The Hall–Kier alpha value is -2.93. The summed E-state index contributed by atoms with van der Waals surface area (Å²) >= 11 is 0. The molecule has 1 fully saturated rings. The van der Waals surface area contributed by atoms with E-state index in [1.165, 1.54) is 48.7 Å². The second-order valence-corrected chi connectivity index (χ2v) is 7.62. The molecule has 1 aliphatic heterocycles. The van der Waals surface area contributed by atoms with Crippen LogP contribution in [0.15, 0.2) is 36.4 Å². The molecule has 0 amide bonds. The van der Waals surface area contributed by atoms with E-state index in [1.54, 1.807) is 12.1 Å². The van der Waals surface area contributed by atoms with Crippen molar-refractivity contribution in [3.05, 3.63) is 47.5 Å². The minimum atomic E-state index is 0.226. The normalized spacial score (nSPS) is 16.9. The molecule has 2 aromatic carbocycles. The average Bonchev–Trinajstić information content (AvgIpc) is 2.90. The molecule has 0 radical (unpaired) electrons. The molecule has 4 heteroatoms. The van der Waals surface area contributed by atoms with E-state index in [1.807, 2.05) is 18.2 Å². The highest BCUT2D eigenvalue weighted by atomic mass is 16.5. The molecule has 0 unspecified atom stereocenters. The van der Waals surface area contributed by atoms with E-state index in [-0.39, 0.29) is 5.75 Å². The van der Waals surface area contributed by atoms with Crippen molar-refractivity contribution in [1.29, 1.82) is 5.26 Å². The first-order valence-electron chi connectivity index (χ1n) is 9.78. The summed E-state index contributed by atoms with van der Waals surface area (Å²) in [5, 5.41) is 20.6. The van der Waals surface area contributed by atoms with Crippen LogP contribution in [0.5, 0.6) is 11.5 Å². The van der Waals surface area contributed by atoms with Gasteiger partial charge in [-0.1, -0.05) is 25.3 Å². The minimum Gasteiger partial charge on any atom is -0.508 e. The Labute approximate surface area is 158 Å². The summed E-state index contributed by atoms with van der Waals surface area (Å²) in [6.45, 7) is 1.29. The summed E-state index contributed by atoms with van der Waals surface area (Å²) in [5.41, 5.74) is 5.45. The summed E-state index contributed by atoms with van der Waals surface area (Å²) in [6, 6.07) is 13.8. The van der Waals surface area contributed by atoms with Crippen LogP contribution in [0.3, 0.4) is 0 Å². The van der Waals surface area contributed by atoms with Crippen molar-refractivity contribution in [2.75, 3.05) is 6.61 Å². The van der Waals surface area contributed by atoms with Gasteiger partial charge in [-0.2, -0.15) is 5.26 Å². The molecule has 1 aliphatic carbocycles. The number of fused-ring (bicyclic) bond motifs is 5. The number of phenols is 1. The van der Waals surface area contributed by atoms with Crippen LogP contribution >= 0.6 is 0 Å². The molecule has 1 aromatic heterocycles. The molecule has 27 heavy (non-hydrogen) atoms. The smallest absolute Gasteiger partial charge is 0.132 e. The topological polar surface area (TPSA) is 58.2 Å². The van der Waals surface area contributed by atoms with Gasteiger partial charge in [0.05, 0.1) is 29.4 Å². The van der Waals surface area contributed by atoms with Gasteiger partial charge in [0.15, 0.2) is 0 Å². The van der Waals surface area contributed by atoms with E-state index >= 15 is 0 Å². The molecule has 2 heterocycles. The number of aromatic hydroxyl groups is 1. The highest BCUT2D eigenvalue weighted by Gasteiger charge is 2.29. The second kappa shape index (κ2) is 6.35. The van der Waals surface area contributed by atoms with Crippen LogP contribution in [0.2, 0.25) is 0 Å². The van der Waals surface area contributed by atoms with Gasteiger partial charge in [-0.25, -0.2) is 0 Å². The second-order valence-electron chi connectivity index (χ2n) is 7.62. The summed E-state index contributed by atoms with van der Waals surface area (Å²) in [6.07, 6.45) is 6.27. The van der Waals surface area contributed by atoms with Crippen LogP contribution < -0.4 is 4.74 Å². The summed E-state index contributed by atoms with van der Waals surface area (Å²) in [7, 11) is 0. The average molecular weight is 358 g/mol. The predicted molar refractivity (Wildman–Crippen MR) is 105 cm³/mol. The van der Waals surface area contributed by atoms with Crippen molar-refractivity contribution in [2.24, 2.45) is 0 Å². The lowest BCUT2D eigenvalue weighted by molar-refractivity contribution is 0.307. The first kappa shape index (κ1) is 16.3. The molecular weight excluding hydrogens is 336 g/mol. The largest absolute Gasteiger partial charge is 0.508 e. The number of hydrogen-bond acceptors (Lipinski definition) is 3. The molecular formula is C23H22N2O2. The lowest BCUT2D eigenvalue weighted by atomic mass is 9.81. The van der Waals surface area contributed by atoms with Gasteiger partial charge in [0, 0.05) is 17.0 Å². The van der Waals surface area contributed by atoms with Crippen LogP contribution in [0.25, 0.3) is 22.2 Å². The molecule has 1 N–H and O–H groups in total. The number of aromatic nitrogens is 1. The Bertz CT molecular complexity index is 1070. The van der Waals surface area contributed by atoms with Gasteiger partial charge in [-0.3, -0.25) is 0 Å². The zero-order valence-electron chi connectivity index (χ0n) is 15.2. The number of rotatable bonds is 1. The van der Waals surface area contributed by atoms with Gasteiger partial charge < -0.3 is 14.4 Å². The van der Waals surface area contributed by atoms with Gasteiger partial charge in [0.2, 0.25) is 0 Å². The fourth-order valence-electron chi connectivity index (χ4n) is 4.85. The third kappa shape index (κ3) is 2.57. The minimum absolute atomic E-state index is 0.226. The first-order chi connectivity index (χ1) is 13.3. The number of ether oxygens (including phenoxy) is 1. The van der Waals surface area contributed by atoms with Crippen molar-refractivity contribution in [1.82, 2.24) is 4.57 Å². The van der Waals surface area contributed by atoms with Gasteiger partial charge in [0.1, 0.15) is 18.1 Å². The molecule has 5 rings (SSSR count). The number of phenolic OH excluding ortho intramolecular Hbond substituents is 1. The lowest BCUT2D eigenvalue weighted by Crippen LogP contribution is -2.07. The maximum atomic E-state index is 9.93. The summed E-state index contributed by atoms with van der Waals surface area (Å²) < 4.78 is 8.29. The number of nitriles is 1. The highest BCUT2D eigenvalue weighted by molar-refractivity contribution is 5.94. The van der Waals surface area contributed by atoms with Crippen LogP contribution in [0.4, 0.5) is 0 Å². The van der Waals surface area contributed by atoms with Crippen molar-refractivity contribution < 1.29 is 9.84 Å². The molecule has 0 bridgehead atoms. The maximum absolute atomic E-state index is 9.93.